The van der Waals surface area contributed by atoms with Crippen LogP contribution in [0.15, 0.2) is 89.3 Å². The highest BCUT2D eigenvalue weighted by molar-refractivity contribution is 6.02. The molecule has 1 aromatic heterocycles. The summed E-state index contributed by atoms with van der Waals surface area (Å²) in [5.74, 6) is 1.27. The third kappa shape index (κ3) is 5.90. The third-order valence-corrected chi connectivity index (χ3v) is 6.94. The number of aryl methyl sites for hydroxylation is 1. The van der Waals surface area contributed by atoms with E-state index in [0.29, 0.717) is 23.7 Å². The van der Waals surface area contributed by atoms with Crippen molar-refractivity contribution in [3.05, 3.63) is 119 Å². The molecule has 6 nitrogen and oxygen atoms in total. The number of rotatable bonds is 6. The topological polar surface area (TPSA) is 71.8 Å². The molecule has 5 rings (SSSR count). The maximum Gasteiger partial charge on any atom is 0.291 e. The fourth-order valence-electron chi connectivity index (χ4n) is 4.89. The summed E-state index contributed by atoms with van der Waals surface area (Å²) in [5, 5.41) is 2.85. The molecule has 39 heavy (non-hydrogen) atoms. The first-order valence-corrected chi connectivity index (χ1v) is 13.3. The van der Waals surface area contributed by atoms with Gasteiger partial charge in [-0.1, -0.05) is 74.9 Å². The number of ether oxygens (including phenoxy) is 1. The van der Waals surface area contributed by atoms with Gasteiger partial charge in [0.25, 0.3) is 5.91 Å². The molecule has 200 valence electrons. The molecular formula is C33H34N2O4. The van der Waals surface area contributed by atoms with Crippen molar-refractivity contribution in [1.29, 1.82) is 0 Å². The second-order valence-electron chi connectivity index (χ2n) is 11.0. The molecule has 0 spiro atoms. The zero-order chi connectivity index (χ0) is 27.6. The van der Waals surface area contributed by atoms with Crippen LogP contribution in [0.25, 0.3) is 0 Å². The Bertz CT molecular complexity index is 1470. The van der Waals surface area contributed by atoms with E-state index in [1.165, 1.54) is 5.56 Å². The number of benzene rings is 3. The highest BCUT2D eigenvalue weighted by atomic mass is 16.5. The van der Waals surface area contributed by atoms with Gasteiger partial charge in [-0.15, -0.1) is 0 Å². The molecule has 2 amide bonds. The van der Waals surface area contributed by atoms with Crippen LogP contribution >= 0.6 is 0 Å². The van der Waals surface area contributed by atoms with Gasteiger partial charge in [0.05, 0.1) is 6.04 Å². The van der Waals surface area contributed by atoms with Crippen LogP contribution in [0.2, 0.25) is 0 Å². The number of nitrogens with one attached hydrogen (secondary N) is 1. The van der Waals surface area contributed by atoms with Gasteiger partial charge in [-0.05, 0) is 66.4 Å². The fraction of sp³-hybridized carbons (Fsp3) is 0.273. The predicted molar refractivity (Wildman–Crippen MR) is 152 cm³/mol. The molecular weight excluding hydrogens is 488 g/mol. The molecule has 1 aliphatic heterocycles. The van der Waals surface area contributed by atoms with Crippen LogP contribution in [0.4, 0.5) is 5.69 Å². The van der Waals surface area contributed by atoms with Crippen molar-refractivity contribution < 1.29 is 18.7 Å². The minimum Gasteiger partial charge on any atom is -0.486 e. The highest BCUT2D eigenvalue weighted by Crippen LogP contribution is 2.39. The number of carbonyl (C=O) groups is 2. The van der Waals surface area contributed by atoms with E-state index in [9.17, 15) is 9.59 Å². The predicted octanol–water partition coefficient (Wildman–Crippen LogP) is 6.94. The first-order chi connectivity index (χ1) is 18.7. The summed E-state index contributed by atoms with van der Waals surface area (Å²) >= 11 is 0. The van der Waals surface area contributed by atoms with Crippen LogP contribution in [0.5, 0.6) is 5.75 Å². The number of hydrogen-bond donors (Lipinski definition) is 1. The zero-order valence-corrected chi connectivity index (χ0v) is 22.9. The second-order valence-corrected chi connectivity index (χ2v) is 11.0. The first kappa shape index (κ1) is 26.3. The molecule has 3 aromatic carbocycles. The second kappa shape index (κ2) is 10.8. The van der Waals surface area contributed by atoms with Gasteiger partial charge in [-0.25, -0.2) is 0 Å². The Morgan fingerprint density at radius 2 is 1.72 bits per heavy atom. The Hall–Kier alpha value is -4.32. The van der Waals surface area contributed by atoms with Crippen LogP contribution in [0.1, 0.15) is 65.4 Å². The average Bonchev–Trinajstić information content (AvgIpc) is 3.41. The Balaban J connectivity index is 1.33. The minimum absolute atomic E-state index is 0.125. The summed E-state index contributed by atoms with van der Waals surface area (Å²) in [6.07, 6.45) is 0.790. The lowest BCUT2D eigenvalue weighted by molar-refractivity contribution is -0.141. The largest absolute Gasteiger partial charge is 0.486 e. The molecule has 0 bridgehead atoms. The van der Waals surface area contributed by atoms with E-state index < -0.39 is 5.41 Å². The molecule has 1 N–H and O–H groups in total. The summed E-state index contributed by atoms with van der Waals surface area (Å²) in [6.45, 7) is 8.73. The number of carbonyl (C=O) groups excluding carboxylic acids is 2. The zero-order valence-electron chi connectivity index (χ0n) is 22.9. The maximum absolute atomic E-state index is 13.4. The van der Waals surface area contributed by atoms with Crippen molar-refractivity contribution >= 4 is 17.5 Å². The molecule has 1 atom stereocenters. The van der Waals surface area contributed by atoms with Crippen LogP contribution in [0.3, 0.4) is 0 Å². The maximum atomic E-state index is 13.4. The van der Waals surface area contributed by atoms with Crippen LogP contribution in [-0.2, 0) is 17.8 Å². The van der Waals surface area contributed by atoms with Crippen molar-refractivity contribution in [2.45, 2.75) is 46.8 Å². The van der Waals surface area contributed by atoms with E-state index in [2.05, 4.69) is 23.5 Å². The number of hydrogen-bond acceptors (Lipinski definition) is 4. The lowest BCUT2D eigenvalue weighted by Gasteiger charge is -2.41. The number of fused-ring (bicyclic) bond motifs is 1. The standard InChI is InChI=1S/C33H34N2O4/c1-22-10-13-25(14-11-22)34-31(36)29-17-16-27(39-29)21-38-26-15-12-23-18-19-35(32(37)33(2,3)4)30(28(23)20-26)24-8-6-5-7-9-24/h5-17,20,30H,18-19,21H2,1-4H3,(H,34,36)/t30-/m1/s1. The van der Waals surface area contributed by atoms with E-state index >= 15 is 0 Å². The van der Waals surface area contributed by atoms with Crippen molar-refractivity contribution in [2.75, 3.05) is 11.9 Å². The van der Waals surface area contributed by atoms with Gasteiger partial charge in [0.15, 0.2) is 5.76 Å². The van der Waals surface area contributed by atoms with E-state index in [1.807, 2.05) is 87.2 Å². The number of furan rings is 1. The van der Waals surface area contributed by atoms with E-state index in [0.717, 1.165) is 23.1 Å². The molecule has 0 fully saturated rings. The third-order valence-electron chi connectivity index (χ3n) is 6.94. The van der Waals surface area contributed by atoms with Gasteiger partial charge in [0.2, 0.25) is 5.91 Å². The molecule has 6 heteroatoms. The van der Waals surface area contributed by atoms with Crippen molar-refractivity contribution in [3.63, 3.8) is 0 Å². The van der Waals surface area contributed by atoms with Crippen molar-refractivity contribution in [1.82, 2.24) is 4.90 Å². The molecule has 4 aromatic rings. The Labute approximate surface area is 229 Å². The van der Waals surface area contributed by atoms with Gasteiger partial charge < -0.3 is 19.4 Å². The lowest BCUT2D eigenvalue weighted by Crippen LogP contribution is -2.45. The normalized spacial score (nSPS) is 15.0. The SMILES string of the molecule is Cc1ccc(NC(=O)c2ccc(COc3ccc4c(c3)[C@@H](c3ccccc3)N(C(=O)C(C)(C)C)CC4)o2)cc1. The van der Waals surface area contributed by atoms with Crippen molar-refractivity contribution in [2.24, 2.45) is 5.41 Å². The molecule has 1 aliphatic rings. The first-order valence-electron chi connectivity index (χ1n) is 13.3. The fourth-order valence-corrected chi connectivity index (χ4v) is 4.89. The molecule has 0 unspecified atom stereocenters. The summed E-state index contributed by atoms with van der Waals surface area (Å²) in [7, 11) is 0. The molecule has 0 saturated heterocycles. The van der Waals surface area contributed by atoms with E-state index in [4.69, 9.17) is 9.15 Å². The summed E-state index contributed by atoms with van der Waals surface area (Å²) in [5.41, 5.74) is 4.70. The van der Waals surface area contributed by atoms with Crippen molar-refractivity contribution in [3.8, 4) is 5.75 Å². The number of nitrogens with zero attached hydrogens (tertiary/aromatic N) is 1. The molecule has 2 heterocycles. The van der Waals surface area contributed by atoms with Gasteiger partial charge in [-0.2, -0.15) is 0 Å². The van der Waals surface area contributed by atoms with Gasteiger partial charge >= 0.3 is 0 Å². The Morgan fingerprint density at radius 3 is 2.44 bits per heavy atom. The smallest absolute Gasteiger partial charge is 0.291 e. The van der Waals surface area contributed by atoms with Gasteiger partial charge in [0, 0.05) is 17.6 Å². The average molecular weight is 523 g/mol. The summed E-state index contributed by atoms with van der Waals surface area (Å²) in [6, 6.07) is 27.0. The lowest BCUT2D eigenvalue weighted by atomic mass is 9.85. The molecule has 0 saturated carbocycles. The Kier molecular flexibility index (Phi) is 7.29. The van der Waals surface area contributed by atoms with Crippen LogP contribution < -0.4 is 10.1 Å². The Morgan fingerprint density at radius 1 is 0.974 bits per heavy atom. The van der Waals surface area contributed by atoms with Gasteiger partial charge in [0.1, 0.15) is 18.1 Å². The summed E-state index contributed by atoms with van der Waals surface area (Å²) in [4.78, 5) is 28.0. The summed E-state index contributed by atoms with van der Waals surface area (Å²) < 4.78 is 11.9. The van der Waals surface area contributed by atoms with Crippen LogP contribution in [0, 0.1) is 12.3 Å². The van der Waals surface area contributed by atoms with Crippen LogP contribution in [-0.4, -0.2) is 23.3 Å². The van der Waals surface area contributed by atoms with E-state index in [-0.39, 0.29) is 30.2 Å². The number of anilines is 1. The minimum atomic E-state index is -0.485. The van der Waals surface area contributed by atoms with Gasteiger partial charge in [-0.3, -0.25) is 9.59 Å². The quantitative estimate of drug-likeness (QED) is 0.298. The molecule has 0 aliphatic carbocycles. The number of amides is 2. The monoisotopic (exact) mass is 522 g/mol. The molecule has 0 radical (unpaired) electrons. The van der Waals surface area contributed by atoms with E-state index in [1.54, 1.807) is 12.1 Å². The highest BCUT2D eigenvalue weighted by Gasteiger charge is 2.37.